The number of amidine groups is 1. The number of carbonyl (C=O) groups is 1. The van der Waals surface area contributed by atoms with Crippen LogP contribution < -0.4 is 14.2 Å². The highest BCUT2D eigenvalue weighted by atomic mass is 32.2. The van der Waals surface area contributed by atoms with Crippen LogP contribution in [0.5, 0.6) is 17.2 Å². The number of thioether (sulfide) groups is 1. The van der Waals surface area contributed by atoms with Crippen molar-refractivity contribution in [2.45, 2.75) is 18.6 Å². The van der Waals surface area contributed by atoms with Crippen molar-refractivity contribution >= 4 is 29.1 Å². The van der Waals surface area contributed by atoms with Crippen molar-refractivity contribution in [2.24, 2.45) is 10.2 Å². The maximum absolute atomic E-state index is 12.9. The summed E-state index contributed by atoms with van der Waals surface area (Å²) in [6, 6.07) is 13.3. The van der Waals surface area contributed by atoms with Gasteiger partial charge in [-0.05, 0) is 54.8 Å². The van der Waals surface area contributed by atoms with Gasteiger partial charge in [-0.2, -0.15) is 5.10 Å². The van der Waals surface area contributed by atoms with E-state index < -0.39 is 0 Å². The zero-order valence-electron chi connectivity index (χ0n) is 18.5. The third kappa shape index (κ3) is 5.70. The summed E-state index contributed by atoms with van der Waals surface area (Å²) >= 11 is 1.41. The van der Waals surface area contributed by atoms with Crippen molar-refractivity contribution in [3.63, 3.8) is 0 Å². The van der Waals surface area contributed by atoms with Crippen molar-refractivity contribution < 1.29 is 19.0 Å². The molecule has 1 fully saturated rings. The molecule has 1 saturated heterocycles. The number of carbonyl (C=O) groups excluding carboxylic acids is 1. The van der Waals surface area contributed by atoms with Gasteiger partial charge in [-0.25, -0.2) is 0 Å². The molecule has 1 heterocycles. The number of nitrogens with zero attached hydrogens (tertiary/aromatic N) is 3. The molecule has 8 heteroatoms. The van der Waals surface area contributed by atoms with Crippen LogP contribution in [0.2, 0.25) is 0 Å². The van der Waals surface area contributed by atoms with E-state index in [2.05, 4.69) is 16.8 Å². The SMILES string of the molecule is C=CCN1C(=O)[C@H](Cc2ccc(OCC)cc2)S/C1=N\N=C/c1ccc(OC)c(OC)c1. The Hall–Kier alpha value is -3.26. The quantitative estimate of drug-likeness (QED) is 0.307. The van der Waals surface area contributed by atoms with Crippen LogP contribution in [0, 0.1) is 0 Å². The highest BCUT2D eigenvalue weighted by molar-refractivity contribution is 8.15. The summed E-state index contributed by atoms with van der Waals surface area (Å²) < 4.78 is 16.0. The van der Waals surface area contributed by atoms with Gasteiger partial charge in [0.2, 0.25) is 5.91 Å². The van der Waals surface area contributed by atoms with E-state index in [1.165, 1.54) is 11.8 Å². The molecule has 0 unspecified atom stereocenters. The van der Waals surface area contributed by atoms with Crippen LogP contribution in [0.3, 0.4) is 0 Å². The van der Waals surface area contributed by atoms with Gasteiger partial charge >= 0.3 is 0 Å². The fourth-order valence-corrected chi connectivity index (χ4v) is 4.34. The average molecular weight is 454 g/mol. The second-order valence-corrected chi connectivity index (χ2v) is 8.04. The summed E-state index contributed by atoms with van der Waals surface area (Å²) in [6.45, 7) is 6.71. The Bertz CT molecular complexity index is 1000. The summed E-state index contributed by atoms with van der Waals surface area (Å²) in [6.07, 6.45) is 3.90. The first-order chi connectivity index (χ1) is 15.6. The van der Waals surface area contributed by atoms with E-state index in [-0.39, 0.29) is 11.2 Å². The van der Waals surface area contributed by atoms with Gasteiger partial charge in [0.25, 0.3) is 0 Å². The lowest BCUT2D eigenvalue weighted by molar-refractivity contribution is -0.125. The van der Waals surface area contributed by atoms with Gasteiger partial charge in [0.1, 0.15) is 5.75 Å². The molecule has 2 aromatic rings. The van der Waals surface area contributed by atoms with Crippen molar-refractivity contribution in [1.29, 1.82) is 0 Å². The Morgan fingerprint density at radius 1 is 1.12 bits per heavy atom. The molecule has 1 amide bonds. The van der Waals surface area contributed by atoms with Crippen LogP contribution in [0.25, 0.3) is 0 Å². The predicted molar refractivity (Wildman–Crippen MR) is 129 cm³/mol. The maximum Gasteiger partial charge on any atom is 0.242 e. The van der Waals surface area contributed by atoms with Gasteiger partial charge in [0, 0.05) is 6.54 Å². The number of amides is 1. The van der Waals surface area contributed by atoms with Gasteiger partial charge in [0.05, 0.1) is 32.3 Å². The second-order valence-electron chi connectivity index (χ2n) is 6.87. The third-order valence-electron chi connectivity index (χ3n) is 4.74. The monoisotopic (exact) mass is 453 g/mol. The molecule has 0 spiro atoms. The molecule has 168 valence electrons. The molecule has 3 rings (SSSR count). The minimum atomic E-state index is -0.261. The van der Waals surface area contributed by atoms with E-state index in [1.54, 1.807) is 37.5 Å². The predicted octanol–water partition coefficient (Wildman–Crippen LogP) is 4.17. The summed E-state index contributed by atoms with van der Waals surface area (Å²) in [4.78, 5) is 14.6. The van der Waals surface area contributed by atoms with Crippen molar-refractivity contribution in [3.8, 4) is 17.2 Å². The molecule has 1 atom stereocenters. The van der Waals surface area contributed by atoms with E-state index in [9.17, 15) is 4.79 Å². The first kappa shape index (κ1) is 23.4. The minimum absolute atomic E-state index is 0.00357. The highest BCUT2D eigenvalue weighted by Gasteiger charge is 2.37. The lowest BCUT2D eigenvalue weighted by Crippen LogP contribution is -2.32. The van der Waals surface area contributed by atoms with E-state index in [0.29, 0.717) is 36.2 Å². The summed E-state index contributed by atoms with van der Waals surface area (Å²) in [5, 5.41) is 8.80. The smallest absolute Gasteiger partial charge is 0.242 e. The third-order valence-corrected chi connectivity index (χ3v) is 5.91. The van der Waals surface area contributed by atoms with Gasteiger partial charge in [-0.3, -0.25) is 9.69 Å². The van der Waals surface area contributed by atoms with E-state index in [4.69, 9.17) is 14.2 Å². The largest absolute Gasteiger partial charge is 0.494 e. The van der Waals surface area contributed by atoms with Crippen molar-refractivity contribution in [3.05, 3.63) is 66.2 Å². The molecule has 0 N–H and O–H groups in total. The number of rotatable bonds is 10. The van der Waals surface area contributed by atoms with Gasteiger partial charge in [-0.1, -0.05) is 30.0 Å². The zero-order valence-corrected chi connectivity index (χ0v) is 19.3. The first-order valence-electron chi connectivity index (χ1n) is 10.2. The lowest BCUT2D eigenvalue weighted by atomic mass is 10.1. The standard InChI is InChI=1S/C24H27N3O4S/c1-5-13-27-23(28)22(15-17-7-10-19(11-8-17)31-6-2)32-24(27)26-25-16-18-9-12-20(29-3)21(14-18)30-4/h5,7-12,14,16,22H,1,6,13,15H2,2-4H3/b25-16-,26-24-/t22-/m0/s1. The number of ether oxygens (including phenoxy) is 3. The van der Waals surface area contributed by atoms with Crippen LogP contribution in [-0.4, -0.2) is 54.8 Å². The fourth-order valence-electron chi connectivity index (χ4n) is 3.19. The van der Waals surface area contributed by atoms with Crippen LogP contribution >= 0.6 is 11.8 Å². The normalized spacial score (nSPS) is 17.2. The molecule has 0 aliphatic carbocycles. The molecule has 32 heavy (non-hydrogen) atoms. The van der Waals surface area contributed by atoms with Crippen LogP contribution in [0.15, 0.2) is 65.3 Å². The summed E-state index contributed by atoms with van der Waals surface area (Å²) in [5.74, 6) is 2.07. The van der Waals surface area contributed by atoms with Crippen LogP contribution in [0.4, 0.5) is 0 Å². The molecular formula is C24H27N3O4S. The van der Waals surface area contributed by atoms with Crippen LogP contribution in [0.1, 0.15) is 18.1 Å². The second kappa shape index (κ2) is 11.4. The molecule has 0 radical (unpaired) electrons. The topological polar surface area (TPSA) is 72.7 Å². The van der Waals surface area contributed by atoms with Crippen molar-refractivity contribution in [1.82, 2.24) is 4.90 Å². The fraction of sp³-hybridized carbons (Fsp3) is 0.292. The summed E-state index contributed by atoms with van der Waals surface area (Å²) in [7, 11) is 3.17. The highest BCUT2D eigenvalue weighted by Crippen LogP contribution is 2.31. The van der Waals surface area contributed by atoms with Gasteiger partial charge < -0.3 is 14.2 Å². The molecule has 0 saturated carbocycles. The maximum atomic E-state index is 12.9. The number of methoxy groups -OCH3 is 2. The molecule has 1 aliphatic rings. The molecule has 0 aromatic heterocycles. The Morgan fingerprint density at radius 2 is 1.88 bits per heavy atom. The molecule has 1 aliphatic heterocycles. The first-order valence-corrected chi connectivity index (χ1v) is 11.1. The number of hydrogen-bond acceptors (Lipinski definition) is 7. The Morgan fingerprint density at radius 3 is 2.53 bits per heavy atom. The van der Waals surface area contributed by atoms with Crippen molar-refractivity contribution in [2.75, 3.05) is 27.4 Å². The number of benzene rings is 2. The Kier molecular flexibility index (Phi) is 8.33. The molecule has 7 nitrogen and oxygen atoms in total. The Labute approximate surface area is 192 Å². The summed E-state index contributed by atoms with van der Waals surface area (Å²) in [5.41, 5.74) is 1.87. The number of hydrogen-bond donors (Lipinski definition) is 0. The van der Waals surface area contributed by atoms with Gasteiger partial charge in [0.15, 0.2) is 16.7 Å². The molecule has 2 aromatic carbocycles. The van der Waals surface area contributed by atoms with E-state index in [1.807, 2.05) is 43.3 Å². The average Bonchev–Trinajstić information content (AvgIpc) is 3.09. The van der Waals surface area contributed by atoms with Gasteiger partial charge in [-0.15, -0.1) is 11.7 Å². The minimum Gasteiger partial charge on any atom is -0.494 e. The van der Waals surface area contributed by atoms with E-state index >= 15 is 0 Å². The Balaban J connectivity index is 1.73. The molecule has 0 bridgehead atoms. The zero-order chi connectivity index (χ0) is 22.9. The lowest BCUT2D eigenvalue weighted by Gasteiger charge is -2.13. The van der Waals surface area contributed by atoms with Crippen LogP contribution in [-0.2, 0) is 11.2 Å². The molecular weight excluding hydrogens is 426 g/mol. The van der Waals surface area contributed by atoms with E-state index in [0.717, 1.165) is 16.9 Å².